The summed E-state index contributed by atoms with van der Waals surface area (Å²) in [4.78, 5) is 19.0. The summed E-state index contributed by atoms with van der Waals surface area (Å²) in [7, 11) is 0. The highest BCUT2D eigenvalue weighted by Crippen LogP contribution is 2.40. The molecule has 0 amide bonds. The van der Waals surface area contributed by atoms with Gasteiger partial charge in [-0.05, 0) is 30.5 Å². The zero-order valence-corrected chi connectivity index (χ0v) is 14.6. The van der Waals surface area contributed by atoms with Gasteiger partial charge in [0.2, 0.25) is 0 Å². The number of H-pyrrole nitrogens is 1. The lowest BCUT2D eigenvalue weighted by Gasteiger charge is -2.09. The molecule has 1 N–H and O–H groups in total. The Balaban J connectivity index is 2.00. The van der Waals surface area contributed by atoms with E-state index in [1.54, 1.807) is 0 Å². The number of nitrogens with one attached hydrogen (secondary N) is 1. The molecule has 0 aliphatic heterocycles. The van der Waals surface area contributed by atoms with Crippen LogP contribution >= 0.6 is 0 Å². The van der Waals surface area contributed by atoms with E-state index in [1.165, 1.54) is 0 Å². The Morgan fingerprint density at radius 3 is 2.57 bits per heavy atom. The standard InChI is InChI=1S/C19H15F3N4O2/c1-2-7-28-18-23-17-14(11-8-12(20)15(22)13(21)9-11)16(10-5-3-4-6-10)25-26(17)19(27)24-18/h1,8-10H,3-7H2,(H,23,24,27). The lowest BCUT2D eigenvalue weighted by Crippen LogP contribution is -2.20. The minimum absolute atomic E-state index is 0.00218. The number of halogens is 3. The van der Waals surface area contributed by atoms with E-state index < -0.39 is 23.1 Å². The Kier molecular flexibility index (Phi) is 4.55. The van der Waals surface area contributed by atoms with E-state index in [9.17, 15) is 18.0 Å². The van der Waals surface area contributed by atoms with Crippen molar-refractivity contribution in [1.29, 1.82) is 0 Å². The third kappa shape index (κ3) is 3.01. The van der Waals surface area contributed by atoms with Crippen molar-refractivity contribution in [3.05, 3.63) is 45.8 Å². The van der Waals surface area contributed by atoms with E-state index in [0.29, 0.717) is 5.69 Å². The summed E-state index contributed by atoms with van der Waals surface area (Å²) in [5, 5.41) is 4.35. The molecule has 0 unspecified atom stereocenters. The molecular formula is C19H15F3N4O2. The molecule has 1 fully saturated rings. The van der Waals surface area contributed by atoms with Crippen LogP contribution in [0.15, 0.2) is 16.9 Å². The summed E-state index contributed by atoms with van der Waals surface area (Å²) in [5.41, 5.74) is 0.249. The van der Waals surface area contributed by atoms with Crippen LogP contribution in [0.2, 0.25) is 0 Å². The van der Waals surface area contributed by atoms with Gasteiger partial charge in [-0.15, -0.1) is 6.42 Å². The zero-order valence-electron chi connectivity index (χ0n) is 14.6. The fourth-order valence-electron chi connectivity index (χ4n) is 3.58. The Morgan fingerprint density at radius 2 is 1.93 bits per heavy atom. The first-order valence-electron chi connectivity index (χ1n) is 8.73. The molecule has 0 saturated heterocycles. The third-order valence-corrected chi connectivity index (χ3v) is 4.81. The molecule has 1 aromatic carbocycles. The Hall–Kier alpha value is -3.28. The molecule has 0 atom stereocenters. The van der Waals surface area contributed by atoms with E-state index in [2.05, 4.69) is 21.0 Å². The maximum absolute atomic E-state index is 13.9. The summed E-state index contributed by atoms with van der Waals surface area (Å²) in [6.07, 6.45) is 8.75. The number of nitrogens with zero attached hydrogens (tertiary/aromatic N) is 3. The quantitative estimate of drug-likeness (QED) is 0.551. The average Bonchev–Trinajstić information content (AvgIpc) is 3.31. The highest BCUT2D eigenvalue weighted by atomic mass is 19.2. The summed E-state index contributed by atoms with van der Waals surface area (Å²) in [6.45, 7) is -0.127. The van der Waals surface area contributed by atoms with Crippen LogP contribution in [0.1, 0.15) is 37.3 Å². The summed E-state index contributed by atoms with van der Waals surface area (Å²) < 4.78 is 47.4. The number of rotatable bonds is 4. The number of fused-ring (bicyclic) bond motifs is 1. The topological polar surface area (TPSA) is 72.3 Å². The SMILES string of the molecule is C#CCOc1nc2c(-c3cc(F)c(F)c(F)c3)c(C3CCCC3)nn2c(=O)[nH]1. The van der Waals surface area contributed by atoms with Gasteiger partial charge in [0.05, 0.1) is 11.3 Å². The van der Waals surface area contributed by atoms with Crippen molar-refractivity contribution in [1.82, 2.24) is 19.6 Å². The number of benzene rings is 1. The van der Waals surface area contributed by atoms with Gasteiger partial charge in [0.1, 0.15) is 0 Å². The number of hydrogen-bond acceptors (Lipinski definition) is 4. The van der Waals surface area contributed by atoms with Gasteiger partial charge in [-0.3, -0.25) is 4.98 Å². The van der Waals surface area contributed by atoms with Crippen LogP contribution in [-0.4, -0.2) is 26.2 Å². The highest BCUT2D eigenvalue weighted by molar-refractivity contribution is 5.80. The molecule has 28 heavy (non-hydrogen) atoms. The largest absolute Gasteiger partial charge is 0.451 e. The smallest absolute Gasteiger partial charge is 0.352 e. The molecule has 9 heteroatoms. The van der Waals surface area contributed by atoms with Crippen molar-refractivity contribution in [3.63, 3.8) is 0 Å². The van der Waals surface area contributed by atoms with Gasteiger partial charge in [0, 0.05) is 5.92 Å². The summed E-state index contributed by atoms with van der Waals surface area (Å²) in [5.74, 6) is -1.97. The maximum Gasteiger partial charge on any atom is 0.352 e. The lowest BCUT2D eigenvalue weighted by atomic mass is 9.95. The minimum Gasteiger partial charge on any atom is -0.451 e. The third-order valence-electron chi connectivity index (χ3n) is 4.81. The number of aromatic nitrogens is 4. The second kappa shape index (κ2) is 7.03. The number of aromatic amines is 1. The molecule has 3 aromatic rings. The average molecular weight is 388 g/mol. The van der Waals surface area contributed by atoms with E-state index in [4.69, 9.17) is 11.2 Å². The van der Waals surface area contributed by atoms with Crippen molar-refractivity contribution >= 4 is 5.65 Å². The molecule has 1 aliphatic rings. The van der Waals surface area contributed by atoms with Crippen molar-refractivity contribution in [2.75, 3.05) is 6.61 Å². The van der Waals surface area contributed by atoms with Crippen LogP contribution in [0.3, 0.4) is 0 Å². The van der Waals surface area contributed by atoms with Gasteiger partial charge in [-0.25, -0.2) is 18.0 Å². The van der Waals surface area contributed by atoms with Crippen molar-refractivity contribution in [2.45, 2.75) is 31.6 Å². The molecule has 1 saturated carbocycles. The predicted molar refractivity (Wildman–Crippen MR) is 94.5 cm³/mol. The number of ether oxygens (including phenoxy) is 1. The molecule has 0 bridgehead atoms. The van der Waals surface area contributed by atoms with E-state index in [1.807, 2.05) is 0 Å². The predicted octanol–water partition coefficient (Wildman–Crippen LogP) is 3.17. The zero-order chi connectivity index (χ0) is 19.8. The van der Waals surface area contributed by atoms with Gasteiger partial charge in [-0.1, -0.05) is 18.8 Å². The number of hydrogen-bond donors (Lipinski definition) is 1. The van der Waals surface area contributed by atoms with Crippen LogP contribution in [0.4, 0.5) is 13.2 Å². The van der Waals surface area contributed by atoms with E-state index in [0.717, 1.165) is 42.3 Å². The number of terminal acetylenes is 1. The van der Waals surface area contributed by atoms with Gasteiger partial charge in [0.25, 0.3) is 0 Å². The molecule has 4 rings (SSSR count). The fraction of sp³-hybridized carbons (Fsp3) is 0.316. The van der Waals surface area contributed by atoms with Gasteiger partial charge >= 0.3 is 11.7 Å². The van der Waals surface area contributed by atoms with Crippen molar-refractivity contribution in [3.8, 4) is 29.5 Å². The van der Waals surface area contributed by atoms with Crippen LogP contribution in [-0.2, 0) is 0 Å². The molecule has 0 radical (unpaired) electrons. The van der Waals surface area contributed by atoms with Crippen LogP contribution in [0, 0.1) is 29.8 Å². The minimum atomic E-state index is -1.56. The highest BCUT2D eigenvalue weighted by Gasteiger charge is 2.28. The van der Waals surface area contributed by atoms with Crippen LogP contribution in [0.25, 0.3) is 16.8 Å². The molecule has 144 valence electrons. The van der Waals surface area contributed by atoms with Gasteiger partial charge < -0.3 is 4.74 Å². The molecule has 6 nitrogen and oxygen atoms in total. The second-order valence-corrected chi connectivity index (χ2v) is 6.57. The molecule has 1 aliphatic carbocycles. The Bertz CT molecular complexity index is 1130. The monoisotopic (exact) mass is 388 g/mol. The van der Waals surface area contributed by atoms with Gasteiger partial charge in [0.15, 0.2) is 29.7 Å². The van der Waals surface area contributed by atoms with E-state index in [-0.39, 0.29) is 35.3 Å². The van der Waals surface area contributed by atoms with Crippen LogP contribution < -0.4 is 10.4 Å². The maximum atomic E-state index is 13.9. The van der Waals surface area contributed by atoms with Crippen LogP contribution in [0.5, 0.6) is 6.01 Å². The molecule has 0 spiro atoms. The van der Waals surface area contributed by atoms with Crippen molar-refractivity contribution in [2.24, 2.45) is 0 Å². The Labute approximate surface area is 157 Å². The lowest BCUT2D eigenvalue weighted by molar-refractivity contribution is 0.337. The second-order valence-electron chi connectivity index (χ2n) is 6.57. The summed E-state index contributed by atoms with van der Waals surface area (Å²) in [6, 6.07) is 1.61. The Morgan fingerprint density at radius 1 is 1.25 bits per heavy atom. The van der Waals surface area contributed by atoms with E-state index >= 15 is 0 Å². The first-order chi connectivity index (χ1) is 13.5. The summed E-state index contributed by atoms with van der Waals surface area (Å²) >= 11 is 0. The molecule has 2 heterocycles. The first kappa shape index (κ1) is 18.1. The van der Waals surface area contributed by atoms with Gasteiger partial charge in [-0.2, -0.15) is 14.6 Å². The normalized spacial score (nSPS) is 14.5. The first-order valence-corrected chi connectivity index (χ1v) is 8.73. The molecule has 2 aromatic heterocycles. The van der Waals surface area contributed by atoms with Crippen molar-refractivity contribution < 1.29 is 17.9 Å². The fourth-order valence-corrected chi connectivity index (χ4v) is 3.58. The molecular weight excluding hydrogens is 373 g/mol.